The number of benzene rings is 1. The van der Waals surface area contributed by atoms with Crippen LogP contribution in [0.5, 0.6) is 0 Å². The van der Waals surface area contributed by atoms with E-state index in [0.29, 0.717) is 10.0 Å². The van der Waals surface area contributed by atoms with Crippen LogP contribution in [0.4, 0.5) is 5.69 Å². The van der Waals surface area contributed by atoms with Gasteiger partial charge in [-0.2, -0.15) is 0 Å². The molecule has 0 aromatic heterocycles. The fourth-order valence-electron chi connectivity index (χ4n) is 1.69. The van der Waals surface area contributed by atoms with Crippen molar-refractivity contribution in [2.45, 2.75) is 6.92 Å². The molecule has 1 aromatic rings. The number of halogens is 1. The van der Waals surface area contributed by atoms with Crippen LogP contribution in [-0.2, 0) is 9.59 Å². The number of rotatable bonds is 2. The van der Waals surface area contributed by atoms with Crippen LogP contribution in [0.2, 0.25) is 0 Å². The minimum Gasteiger partial charge on any atom is -0.478 e. The summed E-state index contributed by atoms with van der Waals surface area (Å²) in [6, 6.07) is 4.36. The van der Waals surface area contributed by atoms with E-state index in [-0.39, 0.29) is 11.3 Å². The SMILES string of the molecule is CC1=CC(=O)N(c2ccc(Br)cc2C(=O)O)C1=O. The van der Waals surface area contributed by atoms with Crippen LogP contribution in [0.1, 0.15) is 17.3 Å². The van der Waals surface area contributed by atoms with Crippen molar-refractivity contribution in [2.75, 3.05) is 4.90 Å². The topological polar surface area (TPSA) is 74.7 Å². The molecule has 0 saturated carbocycles. The van der Waals surface area contributed by atoms with Gasteiger partial charge in [0.2, 0.25) is 0 Å². The summed E-state index contributed by atoms with van der Waals surface area (Å²) in [6.45, 7) is 1.51. The maximum Gasteiger partial charge on any atom is 0.337 e. The molecule has 0 fully saturated rings. The Morgan fingerprint density at radius 2 is 2.00 bits per heavy atom. The number of aromatic carboxylic acids is 1. The molecule has 0 unspecified atom stereocenters. The average molecular weight is 310 g/mol. The van der Waals surface area contributed by atoms with Gasteiger partial charge in [0, 0.05) is 16.1 Å². The lowest BCUT2D eigenvalue weighted by molar-refractivity contribution is -0.120. The molecule has 0 saturated heterocycles. The number of hydrogen-bond acceptors (Lipinski definition) is 3. The molecule has 5 nitrogen and oxygen atoms in total. The Morgan fingerprint density at radius 1 is 1.33 bits per heavy atom. The molecule has 0 radical (unpaired) electrons. The van der Waals surface area contributed by atoms with E-state index in [9.17, 15) is 14.4 Å². The van der Waals surface area contributed by atoms with Crippen LogP contribution in [0.25, 0.3) is 0 Å². The van der Waals surface area contributed by atoms with Crippen LogP contribution in [-0.4, -0.2) is 22.9 Å². The van der Waals surface area contributed by atoms with Gasteiger partial charge in [0.15, 0.2) is 0 Å². The van der Waals surface area contributed by atoms with Crippen molar-refractivity contribution >= 4 is 39.4 Å². The van der Waals surface area contributed by atoms with E-state index in [2.05, 4.69) is 15.9 Å². The first-order valence-corrected chi connectivity index (χ1v) is 5.80. The Morgan fingerprint density at radius 3 is 2.50 bits per heavy atom. The Bertz CT molecular complexity index is 606. The predicted molar refractivity (Wildman–Crippen MR) is 67.4 cm³/mol. The highest BCUT2D eigenvalue weighted by Crippen LogP contribution is 2.28. The van der Waals surface area contributed by atoms with Gasteiger partial charge in [0.1, 0.15) is 0 Å². The molecule has 92 valence electrons. The quantitative estimate of drug-likeness (QED) is 0.848. The molecular weight excluding hydrogens is 302 g/mol. The number of carboxylic acids is 1. The lowest BCUT2D eigenvalue weighted by Gasteiger charge is -2.17. The molecule has 2 rings (SSSR count). The summed E-state index contributed by atoms with van der Waals surface area (Å²) >= 11 is 3.15. The highest BCUT2D eigenvalue weighted by atomic mass is 79.9. The second kappa shape index (κ2) is 4.38. The van der Waals surface area contributed by atoms with Gasteiger partial charge < -0.3 is 5.11 Å². The van der Waals surface area contributed by atoms with Gasteiger partial charge in [-0.1, -0.05) is 15.9 Å². The molecule has 1 aliphatic heterocycles. The van der Waals surface area contributed by atoms with Crippen LogP contribution in [0.15, 0.2) is 34.3 Å². The molecular formula is C12H8BrNO4. The first-order valence-electron chi connectivity index (χ1n) is 5.01. The third-order valence-corrected chi connectivity index (χ3v) is 3.02. The Hall–Kier alpha value is -1.95. The molecule has 1 N–H and O–H groups in total. The first-order chi connectivity index (χ1) is 8.41. The number of carbonyl (C=O) groups is 3. The number of nitrogens with zero attached hydrogens (tertiary/aromatic N) is 1. The molecule has 0 bridgehead atoms. The van der Waals surface area contributed by atoms with E-state index in [1.165, 1.54) is 25.1 Å². The van der Waals surface area contributed by atoms with Crippen molar-refractivity contribution in [3.8, 4) is 0 Å². The number of carbonyl (C=O) groups excluding carboxylic acids is 2. The monoisotopic (exact) mass is 309 g/mol. The number of carboxylic acid groups (broad SMARTS) is 1. The molecule has 6 heteroatoms. The smallest absolute Gasteiger partial charge is 0.337 e. The van der Waals surface area contributed by atoms with Crippen molar-refractivity contribution < 1.29 is 19.5 Å². The van der Waals surface area contributed by atoms with Gasteiger partial charge in [-0.05, 0) is 25.1 Å². The minimum atomic E-state index is -1.20. The third-order valence-electron chi connectivity index (χ3n) is 2.53. The van der Waals surface area contributed by atoms with Crippen LogP contribution in [0.3, 0.4) is 0 Å². The molecule has 1 heterocycles. The van der Waals surface area contributed by atoms with Crippen molar-refractivity contribution in [1.29, 1.82) is 0 Å². The second-order valence-electron chi connectivity index (χ2n) is 3.77. The zero-order chi connectivity index (χ0) is 13.4. The maximum atomic E-state index is 11.8. The van der Waals surface area contributed by atoms with Gasteiger partial charge in [-0.15, -0.1) is 0 Å². The van der Waals surface area contributed by atoms with Gasteiger partial charge in [0.05, 0.1) is 11.3 Å². The summed E-state index contributed by atoms with van der Waals surface area (Å²) in [4.78, 5) is 35.5. The largest absolute Gasteiger partial charge is 0.478 e. The standard InChI is InChI=1S/C12H8BrNO4/c1-6-4-10(15)14(11(6)16)9-3-2-7(13)5-8(9)12(17)18/h2-5H,1H3,(H,17,18). The molecule has 18 heavy (non-hydrogen) atoms. The van der Waals surface area contributed by atoms with E-state index in [1.54, 1.807) is 6.07 Å². The Labute approximate surface area is 111 Å². The summed E-state index contributed by atoms with van der Waals surface area (Å²) in [5.41, 5.74) is 0.266. The molecule has 2 amide bonds. The summed E-state index contributed by atoms with van der Waals surface area (Å²) in [5.74, 6) is -2.22. The van der Waals surface area contributed by atoms with E-state index < -0.39 is 17.8 Å². The number of imide groups is 1. The van der Waals surface area contributed by atoms with Crippen molar-refractivity contribution in [1.82, 2.24) is 0 Å². The summed E-state index contributed by atoms with van der Waals surface area (Å²) in [6.07, 6.45) is 1.19. The first kappa shape index (κ1) is 12.5. The minimum absolute atomic E-state index is 0.0776. The van der Waals surface area contributed by atoms with E-state index in [1.807, 2.05) is 0 Å². The summed E-state index contributed by atoms with van der Waals surface area (Å²) < 4.78 is 0.562. The Balaban J connectivity index is 2.56. The lowest BCUT2D eigenvalue weighted by atomic mass is 10.1. The average Bonchev–Trinajstić information content (AvgIpc) is 2.54. The van der Waals surface area contributed by atoms with E-state index >= 15 is 0 Å². The van der Waals surface area contributed by atoms with Crippen LogP contribution in [0, 0.1) is 0 Å². The van der Waals surface area contributed by atoms with Crippen LogP contribution >= 0.6 is 15.9 Å². The van der Waals surface area contributed by atoms with Gasteiger partial charge in [-0.25, -0.2) is 9.69 Å². The molecule has 0 atom stereocenters. The summed E-state index contributed by atoms with van der Waals surface area (Å²) in [5, 5.41) is 9.10. The molecule has 0 aliphatic carbocycles. The third kappa shape index (κ3) is 1.95. The summed E-state index contributed by atoms with van der Waals surface area (Å²) in [7, 11) is 0. The molecule has 0 spiro atoms. The number of anilines is 1. The second-order valence-corrected chi connectivity index (χ2v) is 4.69. The zero-order valence-corrected chi connectivity index (χ0v) is 10.9. The highest BCUT2D eigenvalue weighted by Gasteiger charge is 2.32. The van der Waals surface area contributed by atoms with E-state index in [4.69, 9.17) is 5.11 Å². The maximum absolute atomic E-state index is 11.8. The normalized spacial score (nSPS) is 15.0. The van der Waals surface area contributed by atoms with Gasteiger partial charge in [0.25, 0.3) is 11.8 Å². The Kier molecular flexibility index (Phi) is 3.04. The van der Waals surface area contributed by atoms with Crippen LogP contribution < -0.4 is 4.90 Å². The number of hydrogen-bond donors (Lipinski definition) is 1. The van der Waals surface area contributed by atoms with Crippen molar-refractivity contribution in [3.05, 3.63) is 39.9 Å². The van der Waals surface area contributed by atoms with Crippen molar-refractivity contribution in [3.63, 3.8) is 0 Å². The van der Waals surface area contributed by atoms with Crippen molar-refractivity contribution in [2.24, 2.45) is 0 Å². The van der Waals surface area contributed by atoms with Gasteiger partial charge >= 0.3 is 5.97 Å². The fraction of sp³-hybridized carbons (Fsp3) is 0.0833. The highest BCUT2D eigenvalue weighted by molar-refractivity contribution is 9.10. The number of amides is 2. The fourth-order valence-corrected chi connectivity index (χ4v) is 2.05. The lowest BCUT2D eigenvalue weighted by Crippen LogP contribution is -2.32. The molecule has 1 aliphatic rings. The van der Waals surface area contributed by atoms with E-state index in [0.717, 1.165) is 4.90 Å². The predicted octanol–water partition coefficient (Wildman–Crippen LogP) is 1.97. The van der Waals surface area contributed by atoms with Gasteiger partial charge in [-0.3, -0.25) is 9.59 Å². The zero-order valence-electron chi connectivity index (χ0n) is 9.31. The molecule has 1 aromatic carbocycles.